The second kappa shape index (κ2) is 5.48. The number of rotatable bonds is 2. The molecule has 1 amide bonds. The largest absolute Gasteiger partial charge is 0.507 e. The standard InChI is InChI=1S/C14H9F3N2O5/c15-14(16,17)6-1-8(13(22)18-4-6)19-12(21)7-2-10-11(3-9(7)20)24-5-23-10/h1-4,20H,5H2,(H,18,22)(H,19,21). The molecule has 0 fully saturated rings. The summed E-state index contributed by atoms with van der Waals surface area (Å²) in [5.74, 6) is -1.03. The van der Waals surface area contributed by atoms with Crippen molar-refractivity contribution in [2.24, 2.45) is 0 Å². The normalized spacial score (nSPS) is 13.0. The fraction of sp³-hybridized carbons (Fsp3) is 0.143. The van der Waals surface area contributed by atoms with Crippen molar-refractivity contribution < 1.29 is 32.5 Å². The lowest BCUT2D eigenvalue weighted by molar-refractivity contribution is -0.137. The van der Waals surface area contributed by atoms with Crippen molar-refractivity contribution in [3.63, 3.8) is 0 Å². The summed E-state index contributed by atoms with van der Waals surface area (Å²) in [5.41, 5.74) is -2.94. The number of halogens is 3. The zero-order valence-corrected chi connectivity index (χ0v) is 11.7. The van der Waals surface area contributed by atoms with Gasteiger partial charge in [0.05, 0.1) is 11.1 Å². The fourth-order valence-electron chi connectivity index (χ4n) is 2.04. The third kappa shape index (κ3) is 2.85. The Morgan fingerprint density at radius 3 is 2.54 bits per heavy atom. The van der Waals surface area contributed by atoms with Crippen molar-refractivity contribution in [3.05, 3.63) is 45.9 Å². The van der Waals surface area contributed by atoms with E-state index in [-0.39, 0.29) is 23.9 Å². The Balaban J connectivity index is 1.92. The number of aromatic hydroxyl groups is 1. The zero-order valence-electron chi connectivity index (χ0n) is 11.7. The first-order valence-corrected chi connectivity index (χ1v) is 6.49. The molecule has 24 heavy (non-hydrogen) atoms. The quantitative estimate of drug-likeness (QED) is 0.776. The first-order valence-electron chi connectivity index (χ1n) is 6.49. The lowest BCUT2D eigenvalue weighted by Crippen LogP contribution is -2.21. The predicted molar refractivity (Wildman–Crippen MR) is 74.2 cm³/mol. The molecule has 0 aliphatic carbocycles. The molecule has 2 aromatic rings. The Morgan fingerprint density at radius 1 is 1.21 bits per heavy atom. The molecule has 1 aromatic heterocycles. The van der Waals surface area contributed by atoms with Crippen LogP contribution < -0.4 is 20.3 Å². The molecular formula is C14H9F3N2O5. The molecule has 0 atom stereocenters. The van der Waals surface area contributed by atoms with Crippen LogP contribution in [0.5, 0.6) is 17.2 Å². The number of aromatic amines is 1. The SMILES string of the molecule is O=C(Nc1cc(C(F)(F)F)c[nH]c1=O)c1cc2c(cc1O)OCO2. The van der Waals surface area contributed by atoms with Gasteiger partial charge in [-0.1, -0.05) is 0 Å². The summed E-state index contributed by atoms with van der Waals surface area (Å²) in [7, 11) is 0. The van der Waals surface area contributed by atoms with Gasteiger partial charge in [0.2, 0.25) is 6.79 Å². The van der Waals surface area contributed by atoms with Crippen molar-refractivity contribution in [1.82, 2.24) is 4.98 Å². The van der Waals surface area contributed by atoms with E-state index in [9.17, 15) is 27.9 Å². The van der Waals surface area contributed by atoms with Crippen LogP contribution in [0, 0.1) is 0 Å². The summed E-state index contributed by atoms with van der Waals surface area (Å²) in [6, 6.07) is 2.79. The minimum Gasteiger partial charge on any atom is -0.507 e. The zero-order chi connectivity index (χ0) is 17.5. The molecule has 0 bridgehead atoms. The van der Waals surface area contributed by atoms with Gasteiger partial charge in [-0.3, -0.25) is 9.59 Å². The van der Waals surface area contributed by atoms with E-state index in [0.717, 1.165) is 12.1 Å². The van der Waals surface area contributed by atoms with Gasteiger partial charge in [-0.15, -0.1) is 0 Å². The number of phenols is 1. The van der Waals surface area contributed by atoms with Crippen LogP contribution in [0.2, 0.25) is 0 Å². The maximum absolute atomic E-state index is 12.7. The topological polar surface area (TPSA) is 101 Å². The van der Waals surface area contributed by atoms with Crippen LogP contribution in [0.4, 0.5) is 18.9 Å². The maximum atomic E-state index is 12.7. The number of anilines is 1. The molecule has 0 saturated carbocycles. The number of carbonyl (C=O) groups excluding carboxylic acids is 1. The summed E-state index contributed by atoms with van der Waals surface area (Å²) in [5, 5.41) is 11.8. The summed E-state index contributed by atoms with van der Waals surface area (Å²) in [6.45, 7) is -0.0901. The number of pyridine rings is 1. The molecule has 1 aliphatic rings. The number of amides is 1. The Hall–Kier alpha value is -3.17. The first-order chi connectivity index (χ1) is 11.3. The monoisotopic (exact) mass is 342 g/mol. The van der Waals surface area contributed by atoms with E-state index >= 15 is 0 Å². The molecule has 0 saturated heterocycles. The number of hydrogen-bond donors (Lipinski definition) is 3. The Bertz CT molecular complexity index is 876. The van der Waals surface area contributed by atoms with Crippen LogP contribution in [0.3, 0.4) is 0 Å². The molecule has 3 N–H and O–H groups in total. The van der Waals surface area contributed by atoms with E-state index in [1.54, 1.807) is 0 Å². The number of H-pyrrole nitrogens is 1. The molecule has 3 rings (SSSR count). The molecule has 126 valence electrons. The number of phenolic OH excluding ortho intramolecular Hbond substituents is 1. The van der Waals surface area contributed by atoms with Crippen molar-refractivity contribution in [1.29, 1.82) is 0 Å². The summed E-state index contributed by atoms with van der Waals surface area (Å²) in [6.07, 6.45) is -4.19. The second-order valence-corrected chi connectivity index (χ2v) is 4.81. The van der Waals surface area contributed by atoms with Crippen molar-refractivity contribution in [2.45, 2.75) is 6.18 Å². The molecular weight excluding hydrogens is 333 g/mol. The van der Waals surface area contributed by atoms with Gasteiger partial charge < -0.3 is 24.9 Å². The number of aromatic nitrogens is 1. The van der Waals surface area contributed by atoms with Gasteiger partial charge in [0, 0.05) is 18.3 Å². The number of nitrogens with one attached hydrogen (secondary N) is 2. The number of alkyl halides is 3. The van der Waals surface area contributed by atoms with Gasteiger partial charge in [0.25, 0.3) is 11.5 Å². The Kier molecular flexibility index (Phi) is 3.59. The number of fused-ring (bicyclic) bond motifs is 1. The van der Waals surface area contributed by atoms with E-state index in [1.807, 2.05) is 10.3 Å². The maximum Gasteiger partial charge on any atom is 0.417 e. The molecule has 1 aliphatic heterocycles. The molecule has 1 aromatic carbocycles. The van der Waals surface area contributed by atoms with Gasteiger partial charge in [-0.25, -0.2) is 0 Å². The van der Waals surface area contributed by atoms with Gasteiger partial charge in [-0.2, -0.15) is 13.2 Å². The molecule has 2 heterocycles. The number of hydrogen-bond acceptors (Lipinski definition) is 5. The molecule has 0 spiro atoms. The second-order valence-electron chi connectivity index (χ2n) is 4.81. The van der Waals surface area contributed by atoms with Crippen molar-refractivity contribution >= 4 is 11.6 Å². The van der Waals surface area contributed by atoms with Gasteiger partial charge in [0.1, 0.15) is 11.4 Å². The Morgan fingerprint density at radius 2 is 1.88 bits per heavy atom. The fourth-order valence-corrected chi connectivity index (χ4v) is 2.04. The predicted octanol–water partition coefficient (Wildman–Crippen LogP) is 2.08. The average Bonchev–Trinajstić information content (AvgIpc) is 2.94. The highest BCUT2D eigenvalue weighted by Crippen LogP contribution is 2.37. The van der Waals surface area contributed by atoms with E-state index in [2.05, 4.69) is 0 Å². The van der Waals surface area contributed by atoms with E-state index in [0.29, 0.717) is 12.3 Å². The highest BCUT2D eigenvalue weighted by Gasteiger charge is 2.31. The van der Waals surface area contributed by atoms with Gasteiger partial charge >= 0.3 is 6.18 Å². The van der Waals surface area contributed by atoms with Crippen LogP contribution in [0.15, 0.2) is 29.2 Å². The molecule has 0 unspecified atom stereocenters. The van der Waals surface area contributed by atoms with E-state index < -0.39 is 34.6 Å². The number of ether oxygens (including phenoxy) is 2. The van der Waals surface area contributed by atoms with Gasteiger partial charge in [0.15, 0.2) is 11.5 Å². The number of carbonyl (C=O) groups is 1. The third-order valence-corrected chi connectivity index (χ3v) is 3.21. The minimum atomic E-state index is -4.69. The van der Waals surface area contributed by atoms with Crippen LogP contribution in [0.1, 0.15) is 15.9 Å². The smallest absolute Gasteiger partial charge is 0.417 e. The average molecular weight is 342 g/mol. The van der Waals surface area contributed by atoms with E-state index in [4.69, 9.17) is 9.47 Å². The summed E-state index contributed by atoms with van der Waals surface area (Å²) < 4.78 is 48.1. The summed E-state index contributed by atoms with van der Waals surface area (Å²) in [4.78, 5) is 25.6. The minimum absolute atomic E-state index is 0.0901. The van der Waals surface area contributed by atoms with Crippen molar-refractivity contribution in [2.75, 3.05) is 12.1 Å². The van der Waals surface area contributed by atoms with E-state index in [1.165, 1.54) is 0 Å². The Labute approximate surface area is 131 Å². The van der Waals surface area contributed by atoms with Crippen LogP contribution in [-0.2, 0) is 6.18 Å². The lowest BCUT2D eigenvalue weighted by Gasteiger charge is -2.10. The number of benzene rings is 1. The van der Waals surface area contributed by atoms with Gasteiger partial charge in [-0.05, 0) is 6.07 Å². The summed E-state index contributed by atoms with van der Waals surface area (Å²) >= 11 is 0. The lowest BCUT2D eigenvalue weighted by atomic mass is 10.1. The third-order valence-electron chi connectivity index (χ3n) is 3.21. The molecule has 7 nitrogen and oxygen atoms in total. The highest BCUT2D eigenvalue weighted by molar-refractivity contribution is 6.06. The van der Waals surface area contributed by atoms with Crippen LogP contribution in [-0.4, -0.2) is 22.8 Å². The van der Waals surface area contributed by atoms with Crippen molar-refractivity contribution in [3.8, 4) is 17.2 Å². The highest BCUT2D eigenvalue weighted by atomic mass is 19.4. The molecule has 10 heteroatoms. The molecule has 0 radical (unpaired) electrons. The first kappa shape index (κ1) is 15.7. The van der Waals surface area contributed by atoms with Crippen LogP contribution >= 0.6 is 0 Å². The van der Waals surface area contributed by atoms with Crippen LogP contribution in [0.25, 0.3) is 0 Å².